The van der Waals surface area contributed by atoms with Gasteiger partial charge in [0.05, 0.1) is 23.1 Å². The van der Waals surface area contributed by atoms with Crippen LogP contribution in [-0.2, 0) is 4.74 Å². The van der Waals surface area contributed by atoms with E-state index in [-0.39, 0.29) is 17.5 Å². The van der Waals surface area contributed by atoms with Crippen molar-refractivity contribution in [3.05, 3.63) is 76.6 Å². The molecule has 4 rings (SSSR count). The molecule has 202 valence electrons. The second-order valence-corrected chi connectivity index (χ2v) is 10.2. The molecule has 1 aliphatic rings. The average molecular weight is 533 g/mol. The number of halogens is 4. The number of likely N-dealkylation sites (tertiary alicyclic amines) is 1. The van der Waals surface area contributed by atoms with Crippen LogP contribution in [0.1, 0.15) is 61.1 Å². The van der Waals surface area contributed by atoms with Crippen LogP contribution in [0.4, 0.5) is 28.0 Å². The summed E-state index contributed by atoms with van der Waals surface area (Å²) in [4.78, 5) is 27.3. The summed E-state index contributed by atoms with van der Waals surface area (Å²) in [5.41, 5.74) is 0.224. The highest BCUT2D eigenvalue weighted by Crippen LogP contribution is 2.34. The van der Waals surface area contributed by atoms with Gasteiger partial charge in [0.15, 0.2) is 23.3 Å². The zero-order valence-electron chi connectivity index (χ0n) is 21.4. The first-order chi connectivity index (χ1) is 17.9. The molecule has 1 aliphatic heterocycles. The Morgan fingerprint density at radius 2 is 1.58 bits per heavy atom. The third-order valence-electron chi connectivity index (χ3n) is 6.21. The van der Waals surface area contributed by atoms with Crippen LogP contribution in [0.2, 0.25) is 0 Å². The molecule has 0 unspecified atom stereocenters. The molecule has 0 radical (unpaired) electrons. The highest BCUT2D eigenvalue weighted by Gasteiger charge is 2.33. The van der Waals surface area contributed by atoms with Crippen LogP contribution >= 0.6 is 0 Å². The number of ether oxygens (including phenoxy) is 1. The van der Waals surface area contributed by atoms with Crippen molar-refractivity contribution in [1.29, 1.82) is 0 Å². The molecule has 2 heterocycles. The van der Waals surface area contributed by atoms with Crippen LogP contribution in [-0.4, -0.2) is 45.4 Å². The van der Waals surface area contributed by atoms with Crippen LogP contribution < -0.4 is 5.32 Å². The highest BCUT2D eigenvalue weighted by molar-refractivity contribution is 6.05. The van der Waals surface area contributed by atoms with Gasteiger partial charge >= 0.3 is 6.09 Å². The summed E-state index contributed by atoms with van der Waals surface area (Å²) in [6, 6.07) is 7.42. The predicted octanol–water partition coefficient (Wildman–Crippen LogP) is 6.10. The molecular weight excluding hydrogens is 504 g/mol. The van der Waals surface area contributed by atoms with Crippen molar-refractivity contribution in [2.45, 2.75) is 52.1 Å². The fourth-order valence-electron chi connectivity index (χ4n) is 4.34. The summed E-state index contributed by atoms with van der Waals surface area (Å²) in [5, 5.41) is 6.33. The van der Waals surface area contributed by atoms with Crippen molar-refractivity contribution < 1.29 is 31.9 Å². The minimum absolute atomic E-state index is 0.00948. The number of anilines is 1. The summed E-state index contributed by atoms with van der Waals surface area (Å²) < 4.78 is 62.9. The second-order valence-electron chi connectivity index (χ2n) is 10.2. The molecule has 0 bridgehead atoms. The van der Waals surface area contributed by atoms with Crippen LogP contribution in [0.25, 0.3) is 5.69 Å². The molecule has 1 fully saturated rings. The monoisotopic (exact) mass is 532 g/mol. The fourth-order valence-corrected chi connectivity index (χ4v) is 4.34. The van der Waals surface area contributed by atoms with Gasteiger partial charge in [0.2, 0.25) is 0 Å². The maximum Gasteiger partial charge on any atom is 0.410 e. The molecule has 0 spiro atoms. The predicted molar refractivity (Wildman–Crippen MR) is 132 cm³/mol. The molecule has 0 saturated carbocycles. The molecule has 1 N–H and O–H groups in total. The molecule has 0 atom stereocenters. The molecule has 11 heteroatoms. The topological polar surface area (TPSA) is 76.5 Å². The van der Waals surface area contributed by atoms with Gasteiger partial charge in [-0.3, -0.25) is 4.79 Å². The summed E-state index contributed by atoms with van der Waals surface area (Å²) in [5.74, 6) is -7.94. The number of aromatic nitrogens is 2. The van der Waals surface area contributed by atoms with Gasteiger partial charge in [0.25, 0.3) is 5.91 Å². The zero-order chi connectivity index (χ0) is 27.8. The lowest BCUT2D eigenvalue weighted by atomic mass is 9.90. The molecule has 0 aliphatic carbocycles. The van der Waals surface area contributed by atoms with Crippen molar-refractivity contribution in [1.82, 2.24) is 14.7 Å². The molecule has 1 saturated heterocycles. The Labute approximate surface area is 217 Å². The highest BCUT2D eigenvalue weighted by atomic mass is 19.2. The number of hydrogen-bond donors (Lipinski definition) is 1. The van der Waals surface area contributed by atoms with E-state index < -0.39 is 46.6 Å². The van der Waals surface area contributed by atoms with E-state index in [0.29, 0.717) is 37.3 Å². The Morgan fingerprint density at radius 3 is 2.13 bits per heavy atom. The molecule has 1 aromatic heterocycles. The summed E-state index contributed by atoms with van der Waals surface area (Å²) in [7, 11) is 0. The SMILES string of the molecule is Cc1ccc(-n2ncc(C(=O)Nc3c(F)c(F)cc(F)c3F)c2C2CCN(C(=O)OC(C)(C)C)CC2)cc1. The number of piperidine rings is 1. The van der Waals surface area contributed by atoms with E-state index in [1.54, 1.807) is 30.4 Å². The lowest BCUT2D eigenvalue weighted by Gasteiger charge is -2.34. The number of aryl methyl sites for hydroxylation is 1. The number of nitrogens with zero attached hydrogens (tertiary/aromatic N) is 3. The van der Waals surface area contributed by atoms with Gasteiger partial charge in [-0.1, -0.05) is 17.7 Å². The third-order valence-corrected chi connectivity index (χ3v) is 6.21. The van der Waals surface area contributed by atoms with Crippen LogP contribution in [0.5, 0.6) is 0 Å². The van der Waals surface area contributed by atoms with Crippen molar-refractivity contribution >= 4 is 17.7 Å². The number of rotatable bonds is 4. The van der Waals surface area contributed by atoms with E-state index in [4.69, 9.17) is 4.74 Å². The van der Waals surface area contributed by atoms with Crippen molar-refractivity contribution in [2.75, 3.05) is 18.4 Å². The van der Waals surface area contributed by atoms with Crippen molar-refractivity contribution in [3.63, 3.8) is 0 Å². The minimum atomic E-state index is -1.71. The molecule has 7 nitrogen and oxygen atoms in total. The number of carbonyl (C=O) groups excluding carboxylic acids is 2. The summed E-state index contributed by atoms with van der Waals surface area (Å²) in [6.45, 7) is 7.94. The van der Waals surface area contributed by atoms with E-state index in [1.165, 1.54) is 6.20 Å². The minimum Gasteiger partial charge on any atom is -0.444 e. The lowest BCUT2D eigenvalue weighted by Crippen LogP contribution is -2.41. The van der Waals surface area contributed by atoms with E-state index in [9.17, 15) is 27.2 Å². The van der Waals surface area contributed by atoms with Gasteiger partial charge in [-0.2, -0.15) is 5.10 Å². The van der Waals surface area contributed by atoms with Gasteiger partial charge in [-0.15, -0.1) is 0 Å². The van der Waals surface area contributed by atoms with Crippen LogP contribution in [0, 0.1) is 30.2 Å². The first-order valence-electron chi connectivity index (χ1n) is 12.1. The summed E-state index contributed by atoms with van der Waals surface area (Å²) in [6.07, 6.45) is 1.71. The lowest BCUT2D eigenvalue weighted by molar-refractivity contribution is 0.0203. The Kier molecular flexibility index (Phi) is 7.48. The van der Waals surface area contributed by atoms with E-state index in [2.05, 4.69) is 5.10 Å². The summed E-state index contributed by atoms with van der Waals surface area (Å²) >= 11 is 0. The third kappa shape index (κ3) is 5.66. The molecular formula is C27H28F4N4O3. The first-order valence-corrected chi connectivity index (χ1v) is 12.1. The zero-order valence-corrected chi connectivity index (χ0v) is 21.4. The first kappa shape index (κ1) is 27.2. The van der Waals surface area contributed by atoms with Gasteiger partial charge in [0.1, 0.15) is 11.3 Å². The Balaban J connectivity index is 1.67. The van der Waals surface area contributed by atoms with E-state index in [0.717, 1.165) is 5.56 Å². The van der Waals surface area contributed by atoms with E-state index in [1.807, 2.05) is 36.5 Å². The maximum atomic E-state index is 14.3. The number of benzene rings is 2. The normalized spacial score (nSPS) is 14.5. The Bertz CT molecular complexity index is 1330. The van der Waals surface area contributed by atoms with Gasteiger partial charge < -0.3 is 15.0 Å². The van der Waals surface area contributed by atoms with E-state index >= 15 is 0 Å². The Morgan fingerprint density at radius 1 is 1.00 bits per heavy atom. The Hall–Kier alpha value is -3.89. The maximum absolute atomic E-state index is 14.3. The molecule has 2 aromatic carbocycles. The quantitative estimate of drug-likeness (QED) is 0.325. The van der Waals surface area contributed by atoms with Crippen LogP contribution in [0.3, 0.4) is 0 Å². The molecule has 3 aromatic rings. The molecule has 38 heavy (non-hydrogen) atoms. The van der Waals surface area contributed by atoms with Gasteiger partial charge in [0, 0.05) is 25.1 Å². The van der Waals surface area contributed by atoms with Gasteiger partial charge in [-0.25, -0.2) is 27.0 Å². The second kappa shape index (κ2) is 10.5. The largest absolute Gasteiger partial charge is 0.444 e. The van der Waals surface area contributed by atoms with Gasteiger partial charge in [-0.05, 0) is 52.7 Å². The standard InChI is InChI=1S/C27H28F4N4O3/c1-15-5-7-17(8-6-15)35-24(16-9-11-34(12-10-16)26(37)38-27(2,3)4)18(14-32-35)25(36)33-23-21(30)19(28)13-20(29)22(23)31/h5-8,13-14,16H,9-12H2,1-4H3,(H,33,36). The van der Waals surface area contributed by atoms with Crippen molar-refractivity contribution in [2.24, 2.45) is 0 Å². The number of carbonyl (C=O) groups is 2. The fraction of sp³-hybridized carbons (Fsp3) is 0.370. The number of amides is 2. The van der Waals surface area contributed by atoms with Crippen LogP contribution in [0.15, 0.2) is 36.5 Å². The smallest absolute Gasteiger partial charge is 0.410 e. The van der Waals surface area contributed by atoms with Crippen molar-refractivity contribution in [3.8, 4) is 5.69 Å². The molecule has 2 amide bonds. The number of nitrogens with one attached hydrogen (secondary N) is 1. The number of hydrogen-bond acceptors (Lipinski definition) is 4. The average Bonchev–Trinajstić information content (AvgIpc) is 3.30.